The molecule has 5 nitrogen and oxygen atoms in total. The molecule has 1 aliphatic carbocycles. The lowest BCUT2D eigenvalue weighted by Gasteiger charge is -2.30. The fourth-order valence-electron chi connectivity index (χ4n) is 3.18. The van der Waals surface area contributed by atoms with Crippen molar-refractivity contribution in [3.05, 3.63) is 0 Å². The van der Waals surface area contributed by atoms with Gasteiger partial charge in [-0.3, -0.25) is 9.89 Å². The van der Waals surface area contributed by atoms with Crippen LogP contribution in [0.25, 0.3) is 0 Å². The van der Waals surface area contributed by atoms with E-state index in [1.165, 1.54) is 0 Å². The molecule has 1 rings (SSSR count). The Morgan fingerprint density at radius 3 is 2.23 bits per heavy atom. The van der Waals surface area contributed by atoms with Crippen LogP contribution in [0.1, 0.15) is 60.3 Å². The molecule has 0 aliphatic heterocycles. The largest absolute Gasteiger partial charge is 0.388 e. The van der Waals surface area contributed by atoms with Gasteiger partial charge < -0.3 is 15.7 Å². The summed E-state index contributed by atoms with van der Waals surface area (Å²) in [6, 6.07) is 1.08. The van der Waals surface area contributed by atoms with E-state index in [4.69, 9.17) is 0 Å². The van der Waals surface area contributed by atoms with Gasteiger partial charge in [-0.05, 0) is 47.5 Å². The van der Waals surface area contributed by atoms with E-state index in [1.807, 2.05) is 0 Å². The van der Waals surface area contributed by atoms with Crippen molar-refractivity contribution >= 4 is 5.96 Å². The van der Waals surface area contributed by atoms with Crippen molar-refractivity contribution in [3.63, 3.8) is 0 Å². The summed E-state index contributed by atoms with van der Waals surface area (Å²) >= 11 is 0. The number of hydrogen-bond donors (Lipinski definition) is 3. The van der Waals surface area contributed by atoms with Crippen molar-refractivity contribution in [2.24, 2.45) is 4.99 Å². The van der Waals surface area contributed by atoms with Crippen LogP contribution in [0, 0.1) is 0 Å². The molecule has 0 radical (unpaired) electrons. The normalized spacial score (nSPS) is 18.5. The minimum atomic E-state index is -0.579. The molecule has 22 heavy (non-hydrogen) atoms. The van der Waals surface area contributed by atoms with Crippen LogP contribution in [0.2, 0.25) is 0 Å². The van der Waals surface area contributed by atoms with Crippen LogP contribution in [0.4, 0.5) is 0 Å². The summed E-state index contributed by atoms with van der Waals surface area (Å²) in [5.41, 5.74) is -0.579. The van der Waals surface area contributed by atoms with Crippen LogP contribution < -0.4 is 10.6 Å². The van der Waals surface area contributed by atoms with Crippen LogP contribution in [0.15, 0.2) is 4.99 Å². The van der Waals surface area contributed by atoms with Crippen molar-refractivity contribution in [2.75, 3.05) is 26.2 Å². The number of rotatable bonds is 8. The monoisotopic (exact) mass is 312 g/mol. The molecular weight excluding hydrogens is 276 g/mol. The van der Waals surface area contributed by atoms with Crippen LogP contribution in [0.3, 0.4) is 0 Å². The van der Waals surface area contributed by atoms with Crippen LogP contribution in [0.5, 0.6) is 0 Å². The van der Waals surface area contributed by atoms with Gasteiger partial charge in [-0.25, -0.2) is 0 Å². The van der Waals surface area contributed by atoms with Gasteiger partial charge in [0.25, 0.3) is 0 Å². The predicted molar refractivity (Wildman–Crippen MR) is 94.4 cm³/mol. The first-order chi connectivity index (χ1) is 10.4. The second kappa shape index (κ2) is 9.36. The third-order valence-corrected chi connectivity index (χ3v) is 4.40. The summed E-state index contributed by atoms with van der Waals surface area (Å²) in [6.45, 7) is 14.2. The molecule has 0 saturated heterocycles. The van der Waals surface area contributed by atoms with Gasteiger partial charge in [-0.15, -0.1) is 0 Å². The lowest BCUT2D eigenvalue weighted by molar-refractivity contribution is 0.0574. The number of aliphatic hydroxyl groups is 1. The first kappa shape index (κ1) is 19.2. The summed E-state index contributed by atoms with van der Waals surface area (Å²) in [5, 5.41) is 17.1. The average Bonchev–Trinajstić information content (AvgIpc) is 2.87. The maximum absolute atomic E-state index is 10.4. The third kappa shape index (κ3) is 6.53. The fourth-order valence-corrected chi connectivity index (χ4v) is 3.18. The molecule has 5 heteroatoms. The number of guanidine groups is 1. The van der Waals surface area contributed by atoms with Gasteiger partial charge in [0.2, 0.25) is 0 Å². The Kier molecular flexibility index (Phi) is 8.18. The topological polar surface area (TPSA) is 59.9 Å². The Hall–Kier alpha value is -0.810. The summed E-state index contributed by atoms with van der Waals surface area (Å²) < 4.78 is 0. The van der Waals surface area contributed by atoms with E-state index in [-0.39, 0.29) is 0 Å². The second-order valence-electron chi connectivity index (χ2n) is 6.98. The van der Waals surface area contributed by atoms with Crippen molar-refractivity contribution in [1.29, 1.82) is 0 Å². The number of hydrogen-bond acceptors (Lipinski definition) is 3. The van der Waals surface area contributed by atoms with E-state index in [0.29, 0.717) is 18.6 Å². The number of nitrogens with one attached hydrogen (secondary N) is 2. The van der Waals surface area contributed by atoms with Crippen LogP contribution in [-0.4, -0.2) is 59.8 Å². The summed E-state index contributed by atoms with van der Waals surface area (Å²) in [6.07, 6.45) is 4.00. The highest BCUT2D eigenvalue weighted by atomic mass is 16.3. The number of aliphatic imine (C=N–C) groups is 1. The Balaban J connectivity index is 2.46. The quantitative estimate of drug-likeness (QED) is 0.474. The molecule has 1 aliphatic rings. The first-order valence-corrected chi connectivity index (χ1v) is 8.88. The standard InChI is InChI=1S/C17H36N4O/c1-6-18-16(20-13-17(22)9-7-8-10-17)19-11-12-21(14(2)3)15(4)5/h14-15,22H,6-13H2,1-5H3,(H2,18,19,20). The molecule has 0 bridgehead atoms. The van der Waals surface area contributed by atoms with Crippen LogP contribution >= 0.6 is 0 Å². The van der Waals surface area contributed by atoms with E-state index in [1.54, 1.807) is 0 Å². The Labute approximate surface area is 136 Å². The zero-order chi connectivity index (χ0) is 16.6. The van der Waals surface area contributed by atoms with Gasteiger partial charge >= 0.3 is 0 Å². The smallest absolute Gasteiger partial charge is 0.191 e. The predicted octanol–water partition coefficient (Wildman–Crippen LogP) is 1.97. The molecule has 0 amide bonds. The molecule has 0 aromatic heterocycles. The fraction of sp³-hybridized carbons (Fsp3) is 0.941. The summed E-state index contributed by atoms with van der Waals surface area (Å²) in [4.78, 5) is 7.04. The SMILES string of the molecule is CCNC(=NCC1(O)CCCC1)NCCN(C(C)C)C(C)C. The van der Waals surface area contributed by atoms with Gasteiger partial charge in [-0.1, -0.05) is 12.8 Å². The van der Waals surface area contributed by atoms with E-state index in [9.17, 15) is 5.11 Å². The highest BCUT2D eigenvalue weighted by Gasteiger charge is 2.30. The first-order valence-electron chi connectivity index (χ1n) is 8.88. The lowest BCUT2D eigenvalue weighted by Crippen LogP contribution is -2.45. The molecule has 0 heterocycles. The molecule has 3 N–H and O–H groups in total. The van der Waals surface area contributed by atoms with Crippen molar-refractivity contribution in [3.8, 4) is 0 Å². The highest BCUT2D eigenvalue weighted by molar-refractivity contribution is 5.79. The van der Waals surface area contributed by atoms with E-state index >= 15 is 0 Å². The molecular formula is C17H36N4O. The number of nitrogens with zero attached hydrogens (tertiary/aromatic N) is 2. The third-order valence-electron chi connectivity index (χ3n) is 4.40. The Morgan fingerprint density at radius 2 is 1.73 bits per heavy atom. The minimum absolute atomic E-state index is 0.500. The molecule has 1 saturated carbocycles. The molecule has 0 unspecified atom stereocenters. The van der Waals surface area contributed by atoms with Gasteiger partial charge in [0.1, 0.15) is 0 Å². The van der Waals surface area contributed by atoms with Crippen LogP contribution in [-0.2, 0) is 0 Å². The van der Waals surface area contributed by atoms with Crippen molar-refractivity contribution in [2.45, 2.75) is 78.0 Å². The summed E-state index contributed by atoms with van der Waals surface area (Å²) in [7, 11) is 0. The zero-order valence-electron chi connectivity index (χ0n) is 15.2. The van der Waals surface area contributed by atoms with Gasteiger partial charge in [0.15, 0.2) is 5.96 Å². The minimum Gasteiger partial charge on any atom is -0.388 e. The highest BCUT2D eigenvalue weighted by Crippen LogP contribution is 2.29. The van der Waals surface area contributed by atoms with E-state index in [0.717, 1.165) is 51.3 Å². The molecule has 0 atom stereocenters. The summed E-state index contributed by atoms with van der Waals surface area (Å²) in [5.74, 6) is 0.815. The van der Waals surface area contributed by atoms with E-state index < -0.39 is 5.60 Å². The molecule has 1 fully saturated rings. The van der Waals surface area contributed by atoms with Crippen molar-refractivity contribution < 1.29 is 5.11 Å². The lowest BCUT2D eigenvalue weighted by atomic mass is 10.0. The Morgan fingerprint density at radius 1 is 1.14 bits per heavy atom. The van der Waals surface area contributed by atoms with Crippen molar-refractivity contribution in [1.82, 2.24) is 15.5 Å². The van der Waals surface area contributed by atoms with Gasteiger partial charge in [-0.2, -0.15) is 0 Å². The molecule has 130 valence electrons. The second-order valence-corrected chi connectivity index (χ2v) is 6.98. The average molecular weight is 313 g/mol. The van der Waals surface area contributed by atoms with E-state index in [2.05, 4.69) is 55.1 Å². The molecule has 0 spiro atoms. The van der Waals surface area contributed by atoms with Gasteiger partial charge in [0, 0.05) is 31.7 Å². The molecule has 0 aromatic carbocycles. The Bertz CT molecular complexity index is 328. The maximum Gasteiger partial charge on any atom is 0.191 e. The maximum atomic E-state index is 10.4. The zero-order valence-corrected chi connectivity index (χ0v) is 15.2. The molecule has 0 aromatic rings. The van der Waals surface area contributed by atoms with Gasteiger partial charge in [0.05, 0.1) is 12.1 Å².